The van der Waals surface area contributed by atoms with E-state index in [4.69, 9.17) is 23.2 Å². The van der Waals surface area contributed by atoms with Gasteiger partial charge >= 0.3 is 0 Å². The first-order valence-corrected chi connectivity index (χ1v) is 5.18. The zero-order chi connectivity index (χ0) is 10.7. The Bertz CT molecular complexity index is 420. The van der Waals surface area contributed by atoms with Crippen LogP contribution in [0.2, 0.25) is 10.0 Å². The summed E-state index contributed by atoms with van der Waals surface area (Å²) in [6.45, 7) is 0.615. The molecule has 15 heavy (non-hydrogen) atoms. The predicted octanol–water partition coefficient (Wildman–Crippen LogP) is 3.33. The number of nitrogens with zero attached hydrogens (tertiary/aromatic N) is 1. The highest BCUT2D eigenvalue weighted by molar-refractivity contribution is 6.35. The molecule has 2 N–H and O–H groups in total. The number of hydrogen-bond acceptors (Lipinski definition) is 2. The summed E-state index contributed by atoms with van der Waals surface area (Å²) in [7, 11) is 0. The van der Waals surface area contributed by atoms with Crippen LogP contribution < -0.4 is 5.32 Å². The van der Waals surface area contributed by atoms with Crippen molar-refractivity contribution in [3.8, 4) is 0 Å². The molecular formula is C10H9Cl2N3. The first-order chi connectivity index (χ1) is 7.24. The fourth-order valence-corrected chi connectivity index (χ4v) is 1.76. The van der Waals surface area contributed by atoms with E-state index in [-0.39, 0.29) is 0 Å². The van der Waals surface area contributed by atoms with Gasteiger partial charge in [-0.1, -0.05) is 23.2 Å². The molecule has 0 aliphatic carbocycles. The van der Waals surface area contributed by atoms with Gasteiger partial charge in [-0.05, 0) is 18.2 Å². The van der Waals surface area contributed by atoms with E-state index in [1.165, 1.54) is 0 Å². The topological polar surface area (TPSA) is 40.7 Å². The first kappa shape index (κ1) is 10.3. The van der Waals surface area contributed by atoms with Gasteiger partial charge in [0, 0.05) is 28.1 Å². The van der Waals surface area contributed by atoms with E-state index in [0.29, 0.717) is 16.6 Å². The van der Waals surface area contributed by atoms with Crippen LogP contribution in [0.25, 0.3) is 0 Å². The van der Waals surface area contributed by atoms with Crippen molar-refractivity contribution in [3.63, 3.8) is 0 Å². The smallest absolute Gasteiger partial charge is 0.125 e. The molecule has 0 aliphatic heterocycles. The van der Waals surface area contributed by atoms with Gasteiger partial charge in [-0.25, -0.2) is 4.98 Å². The van der Waals surface area contributed by atoms with Crippen molar-refractivity contribution in [3.05, 3.63) is 46.5 Å². The number of benzene rings is 1. The van der Waals surface area contributed by atoms with Gasteiger partial charge in [0.1, 0.15) is 5.82 Å². The second-order valence-electron chi connectivity index (χ2n) is 3.05. The minimum absolute atomic E-state index is 0.615. The molecule has 0 saturated heterocycles. The Balaban J connectivity index is 2.05. The fourth-order valence-electron chi connectivity index (χ4n) is 1.24. The average molecular weight is 242 g/mol. The molecule has 1 heterocycles. The number of hydrogen-bond donors (Lipinski definition) is 2. The van der Waals surface area contributed by atoms with Crippen molar-refractivity contribution in [2.45, 2.75) is 6.54 Å². The van der Waals surface area contributed by atoms with Gasteiger partial charge < -0.3 is 10.3 Å². The van der Waals surface area contributed by atoms with Crippen LogP contribution in [0.3, 0.4) is 0 Å². The van der Waals surface area contributed by atoms with Gasteiger partial charge in [0.25, 0.3) is 0 Å². The minimum Gasteiger partial charge on any atom is -0.378 e. The number of anilines is 1. The predicted molar refractivity (Wildman–Crippen MR) is 62.4 cm³/mol. The maximum Gasteiger partial charge on any atom is 0.125 e. The van der Waals surface area contributed by atoms with Gasteiger partial charge in [0.15, 0.2) is 0 Å². The van der Waals surface area contributed by atoms with Gasteiger partial charge in [-0.2, -0.15) is 0 Å². The monoisotopic (exact) mass is 241 g/mol. The Hall–Kier alpha value is -1.19. The Morgan fingerprint density at radius 3 is 2.53 bits per heavy atom. The molecule has 1 aromatic heterocycles. The normalized spacial score (nSPS) is 10.3. The maximum absolute atomic E-state index is 5.86. The van der Waals surface area contributed by atoms with Crippen LogP contribution in [0.1, 0.15) is 5.82 Å². The van der Waals surface area contributed by atoms with Gasteiger partial charge in [0.2, 0.25) is 0 Å². The molecule has 0 fully saturated rings. The third kappa shape index (κ3) is 2.88. The Morgan fingerprint density at radius 2 is 1.93 bits per heavy atom. The van der Waals surface area contributed by atoms with E-state index < -0.39 is 0 Å². The number of aromatic nitrogens is 2. The van der Waals surface area contributed by atoms with Crippen molar-refractivity contribution >= 4 is 28.9 Å². The van der Waals surface area contributed by atoms with E-state index in [2.05, 4.69) is 15.3 Å². The van der Waals surface area contributed by atoms with Crippen molar-refractivity contribution in [1.82, 2.24) is 9.97 Å². The average Bonchev–Trinajstić information content (AvgIpc) is 2.65. The number of halogens is 2. The molecule has 3 nitrogen and oxygen atoms in total. The van der Waals surface area contributed by atoms with Crippen LogP contribution in [0, 0.1) is 0 Å². The van der Waals surface area contributed by atoms with Crippen LogP contribution >= 0.6 is 23.2 Å². The lowest BCUT2D eigenvalue weighted by atomic mass is 10.3. The number of rotatable bonds is 3. The van der Waals surface area contributed by atoms with Gasteiger partial charge in [-0.15, -0.1) is 0 Å². The molecule has 0 unspecified atom stereocenters. The maximum atomic E-state index is 5.86. The fraction of sp³-hybridized carbons (Fsp3) is 0.100. The molecule has 0 atom stereocenters. The second-order valence-corrected chi connectivity index (χ2v) is 3.92. The zero-order valence-corrected chi connectivity index (χ0v) is 9.31. The van der Waals surface area contributed by atoms with E-state index >= 15 is 0 Å². The molecule has 0 aliphatic rings. The SMILES string of the molecule is Clc1cc(Cl)cc(NCc2ncc[nH]2)c1. The zero-order valence-electron chi connectivity index (χ0n) is 7.80. The highest BCUT2D eigenvalue weighted by atomic mass is 35.5. The molecule has 78 valence electrons. The summed E-state index contributed by atoms with van der Waals surface area (Å²) >= 11 is 11.7. The molecule has 0 saturated carbocycles. The number of H-pyrrole nitrogens is 1. The lowest BCUT2D eigenvalue weighted by Crippen LogP contribution is -2.00. The second kappa shape index (κ2) is 4.55. The standard InChI is InChI=1S/C10H9Cl2N3/c11-7-3-8(12)5-9(4-7)15-6-10-13-1-2-14-10/h1-5,15H,6H2,(H,13,14). The summed E-state index contributed by atoms with van der Waals surface area (Å²) < 4.78 is 0. The van der Waals surface area contributed by atoms with Crippen LogP contribution in [-0.2, 0) is 6.54 Å². The number of nitrogens with one attached hydrogen (secondary N) is 2. The minimum atomic E-state index is 0.615. The molecule has 0 amide bonds. The lowest BCUT2D eigenvalue weighted by Gasteiger charge is -2.05. The number of imidazole rings is 1. The highest BCUT2D eigenvalue weighted by Gasteiger charge is 1.98. The molecule has 5 heteroatoms. The molecular weight excluding hydrogens is 233 g/mol. The van der Waals surface area contributed by atoms with Crippen LogP contribution in [0.15, 0.2) is 30.6 Å². The Labute approximate surface area is 97.4 Å². The van der Waals surface area contributed by atoms with E-state index in [1.54, 1.807) is 18.5 Å². The summed E-state index contributed by atoms with van der Waals surface area (Å²) in [6, 6.07) is 5.33. The van der Waals surface area contributed by atoms with Crippen LogP contribution in [0.4, 0.5) is 5.69 Å². The Kier molecular flexibility index (Phi) is 3.14. The molecule has 0 radical (unpaired) electrons. The molecule has 0 bridgehead atoms. The summed E-state index contributed by atoms with van der Waals surface area (Å²) in [6.07, 6.45) is 3.49. The van der Waals surface area contributed by atoms with Crippen molar-refractivity contribution < 1.29 is 0 Å². The van der Waals surface area contributed by atoms with Crippen molar-refractivity contribution in [1.29, 1.82) is 0 Å². The summed E-state index contributed by atoms with van der Waals surface area (Å²) in [5.74, 6) is 0.867. The Morgan fingerprint density at radius 1 is 1.20 bits per heavy atom. The molecule has 2 aromatic rings. The van der Waals surface area contributed by atoms with E-state index in [0.717, 1.165) is 11.5 Å². The molecule has 2 rings (SSSR count). The summed E-state index contributed by atoms with van der Waals surface area (Å²) in [5, 5.41) is 4.40. The third-order valence-electron chi connectivity index (χ3n) is 1.88. The van der Waals surface area contributed by atoms with Gasteiger partial charge in [-0.3, -0.25) is 0 Å². The summed E-state index contributed by atoms with van der Waals surface area (Å²) in [5.41, 5.74) is 0.879. The molecule has 1 aromatic carbocycles. The van der Waals surface area contributed by atoms with E-state index in [1.807, 2.05) is 12.1 Å². The van der Waals surface area contributed by atoms with E-state index in [9.17, 15) is 0 Å². The lowest BCUT2D eigenvalue weighted by molar-refractivity contribution is 1.00. The highest BCUT2D eigenvalue weighted by Crippen LogP contribution is 2.22. The van der Waals surface area contributed by atoms with Gasteiger partial charge in [0.05, 0.1) is 6.54 Å². The van der Waals surface area contributed by atoms with Crippen molar-refractivity contribution in [2.24, 2.45) is 0 Å². The largest absolute Gasteiger partial charge is 0.378 e. The van der Waals surface area contributed by atoms with Crippen LogP contribution in [0.5, 0.6) is 0 Å². The quantitative estimate of drug-likeness (QED) is 0.866. The number of aromatic amines is 1. The third-order valence-corrected chi connectivity index (χ3v) is 2.31. The summed E-state index contributed by atoms with van der Waals surface area (Å²) in [4.78, 5) is 7.09. The van der Waals surface area contributed by atoms with Crippen LogP contribution in [-0.4, -0.2) is 9.97 Å². The first-order valence-electron chi connectivity index (χ1n) is 4.42. The van der Waals surface area contributed by atoms with Crippen molar-refractivity contribution in [2.75, 3.05) is 5.32 Å². The molecule has 0 spiro atoms.